The fourth-order valence-corrected chi connectivity index (χ4v) is 10.6. The number of fused-ring (bicyclic) bond motifs is 16. The molecule has 0 aliphatic heterocycles. The van der Waals surface area contributed by atoms with Crippen LogP contribution in [0.15, 0.2) is 222 Å². The number of para-hydroxylation sites is 7. The molecular formula is C64H36N8O. The van der Waals surface area contributed by atoms with Gasteiger partial charge < -0.3 is 13.6 Å². The number of aromatic nitrogens is 7. The first-order valence-electron chi connectivity index (χ1n) is 31.9. The number of hydrogen-bond acceptors (Lipinski definition) is 5. The summed E-state index contributed by atoms with van der Waals surface area (Å²) in [5.74, 6) is -1.36. The lowest BCUT2D eigenvalue weighted by Crippen LogP contribution is -2.12. The van der Waals surface area contributed by atoms with Gasteiger partial charge in [-0.2, -0.15) is 20.2 Å². The molecule has 0 spiro atoms. The zero-order valence-electron chi connectivity index (χ0n) is 55.4. The molecule has 0 atom stereocenters. The van der Waals surface area contributed by atoms with Crippen LogP contribution in [0, 0.1) is 11.3 Å². The van der Waals surface area contributed by atoms with Gasteiger partial charge in [-0.25, -0.2) is 0 Å². The van der Waals surface area contributed by atoms with Gasteiger partial charge in [-0.1, -0.05) is 133 Å². The van der Waals surface area contributed by atoms with E-state index < -0.39 is 170 Å². The van der Waals surface area contributed by atoms with E-state index in [4.69, 9.17) is 26.2 Å². The minimum atomic E-state index is -0.836. The van der Waals surface area contributed by atoms with Gasteiger partial charge in [0.05, 0.1) is 103 Å². The Bertz CT molecular complexity index is 6040. The molecule has 0 aliphatic rings. The monoisotopic (exact) mass is 950 g/mol. The van der Waals surface area contributed by atoms with Crippen LogP contribution in [0.4, 0.5) is 0 Å². The van der Waals surface area contributed by atoms with E-state index in [2.05, 4.69) is 0 Å². The summed E-state index contributed by atoms with van der Waals surface area (Å²) in [6, 6.07) is 21.0. The summed E-state index contributed by atoms with van der Waals surface area (Å²) < 4.78 is 183. The summed E-state index contributed by atoms with van der Waals surface area (Å²) in [7, 11) is 0. The van der Waals surface area contributed by atoms with E-state index >= 15 is 0 Å². The molecule has 16 aromatic rings. The lowest BCUT2D eigenvalue weighted by Gasteiger charge is -2.20. The summed E-state index contributed by atoms with van der Waals surface area (Å²) >= 11 is 0. The third-order valence-electron chi connectivity index (χ3n) is 13.6. The zero-order chi connectivity index (χ0) is 63.6. The topological polar surface area (TPSA) is 95.3 Å². The van der Waals surface area contributed by atoms with Crippen LogP contribution in [-0.2, 0) is 0 Å². The summed E-state index contributed by atoms with van der Waals surface area (Å²) in [6.07, 6.45) is 0. The highest BCUT2D eigenvalue weighted by Crippen LogP contribution is 2.45. The van der Waals surface area contributed by atoms with Crippen LogP contribution in [0.5, 0.6) is 0 Å². The number of nitrogens with zero attached hydrogens (tertiary/aromatic N) is 8. The largest absolute Gasteiger partial charge is 0.456 e. The molecule has 16 rings (SSSR count). The lowest BCUT2D eigenvalue weighted by molar-refractivity contribution is 0.669. The standard InChI is InChI=1S/C64H36N8O/c65-37-38-32-34-54-47(36-38)44-21-6-8-23-48(44)69(54)55-29-15-30-56(70-49-24-9-5-20-43(49)45-33-35-58-59(61(45)70)46-22-7-14-31-57(46)73-58)60(55)62-66-63(71-50-25-10-1-16-39(50)40-17-2-11-26-51(40)71)68-64(67-62)72-52-27-12-3-18-41(52)42-19-4-13-28-53(42)72/h1-36H/i1D,2D,6D,8D,10D,11D,15D,16D,17D,21D,23D,25D,26D,29D,30D,32D,34D,36D. The van der Waals surface area contributed by atoms with Gasteiger partial charge in [-0.3, -0.25) is 9.13 Å². The van der Waals surface area contributed by atoms with Crippen molar-refractivity contribution in [3.63, 3.8) is 0 Å². The first-order valence-corrected chi connectivity index (χ1v) is 22.9. The minimum absolute atomic E-state index is 0.268. The molecule has 0 N–H and O–H groups in total. The first kappa shape index (κ1) is 26.1. The van der Waals surface area contributed by atoms with Crippen molar-refractivity contribution in [2.24, 2.45) is 0 Å². The van der Waals surface area contributed by atoms with Crippen molar-refractivity contribution >= 4 is 109 Å². The normalized spacial score (nSPS) is 15.5. The average molecular weight is 951 g/mol. The molecule has 10 aromatic carbocycles. The van der Waals surface area contributed by atoms with Crippen molar-refractivity contribution in [3.05, 3.63) is 224 Å². The fraction of sp³-hybridized carbons (Fsp3) is 0. The van der Waals surface area contributed by atoms with E-state index in [1.54, 1.807) is 69.8 Å². The summed E-state index contributed by atoms with van der Waals surface area (Å²) in [4.78, 5) is 15.7. The van der Waals surface area contributed by atoms with Crippen molar-refractivity contribution in [1.82, 2.24) is 33.2 Å². The molecule has 0 fully saturated rings. The number of nitriles is 1. The Morgan fingerprint density at radius 3 is 1.55 bits per heavy atom. The summed E-state index contributed by atoms with van der Waals surface area (Å²) in [6.45, 7) is 0. The highest BCUT2D eigenvalue weighted by Gasteiger charge is 2.28. The summed E-state index contributed by atoms with van der Waals surface area (Å²) in [5, 5.41) is 12.8. The number of benzene rings is 10. The Labute approximate surface area is 440 Å². The zero-order valence-corrected chi connectivity index (χ0v) is 37.4. The molecule has 0 aliphatic carbocycles. The molecule has 9 heteroatoms. The number of furan rings is 1. The highest BCUT2D eigenvalue weighted by atomic mass is 16.3. The van der Waals surface area contributed by atoms with Gasteiger partial charge in [-0.15, -0.1) is 0 Å². The number of hydrogen-bond donors (Lipinski definition) is 0. The van der Waals surface area contributed by atoms with Crippen LogP contribution in [-0.4, -0.2) is 33.2 Å². The number of rotatable bonds is 5. The van der Waals surface area contributed by atoms with Crippen molar-refractivity contribution in [2.75, 3.05) is 0 Å². The van der Waals surface area contributed by atoms with Gasteiger partial charge in [-0.05, 0) is 84.7 Å². The van der Waals surface area contributed by atoms with Crippen molar-refractivity contribution in [2.45, 2.75) is 0 Å². The maximum Gasteiger partial charge on any atom is 0.240 e. The van der Waals surface area contributed by atoms with Crippen LogP contribution in [0.2, 0.25) is 0 Å². The van der Waals surface area contributed by atoms with Gasteiger partial charge in [0.15, 0.2) is 5.82 Å². The Hall–Kier alpha value is -10.3. The quantitative estimate of drug-likeness (QED) is 0.171. The SMILES string of the molecule is [2H]c1c([2H])c(-n2c3c([2H])c([2H])c([2H])c([2H])c3c3c([2H])c(C#N)c([2H])c([2H])c32)c(-c2nc(-n3c4ccccc4c4ccccc43)nc(-n3c4c([2H])c([2H])c([2H])c([2H])c4c4c([2H])c([2H])c([2H])c([2H])c43)n2)c(-n2c3ccccc3c3ccc4oc5ccccc5c4c32)c1[2H]. The van der Waals surface area contributed by atoms with Crippen LogP contribution in [0.1, 0.15) is 30.2 Å². The molecule has 73 heavy (non-hydrogen) atoms. The van der Waals surface area contributed by atoms with E-state index in [1.807, 2.05) is 54.6 Å². The van der Waals surface area contributed by atoms with Crippen molar-refractivity contribution in [3.8, 4) is 40.7 Å². The molecule has 0 unspecified atom stereocenters. The van der Waals surface area contributed by atoms with Crippen LogP contribution in [0.3, 0.4) is 0 Å². The Morgan fingerprint density at radius 1 is 0.397 bits per heavy atom. The molecule has 338 valence electrons. The molecule has 0 radical (unpaired) electrons. The molecule has 6 heterocycles. The Balaban J connectivity index is 1.22. The predicted molar refractivity (Wildman–Crippen MR) is 295 cm³/mol. The summed E-state index contributed by atoms with van der Waals surface area (Å²) in [5.41, 5.74) is -0.940. The van der Waals surface area contributed by atoms with Crippen LogP contribution in [0.25, 0.3) is 144 Å². The van der Waals surface area contributed by atoms with E-state index in [0.29, 0.717) is 65.6 Å². The molecular weight excluding hydrogens is 897 g/mol. The van der Waals surface area contributed by atoms with Gasteiger partial charge >= 0.3 is 0 Å². The first-order chi connectivity index (χ1) is 43.7. The molecule has 0 bridgehead atoms. The average Bonchev–Trinajstić information content (AvgIpc) is 1.65. The maximum atomic E-state index is 10.5. The van der Waals surface area contributed by atoms with E-state index in [9.17, 15) is 23.1 Å². The minimum Gasteiger partial charge on any atom is -0.456 e. The second-order valence-electron chi connectivity index (χ2n) is 17.3. The maximum absolute atomic E-state index is 10.5. The second kappa shape index (κ2) is 14.9. The predicted octanol–water partition coefficient (Wildman–Crippen LogP) is 15.7. The molecule has 0 amide bonds. The van der Waals surface area contributed by atoms with Gasteiger partial charge in [0.2, 0.25) is 11.9 Å². The third kappa shape index (κ3) is 5.46. The van der Waals surface area contributed by atoms with Crippen molar-refractivity contribution < 1.29 is 29.1 Å². The van der Waals surface area contributed by atoms with Crippen LogP contribution < -0.4 is 0 Å². The van der Waals surface area contributed by atoms with Gasteiger partial charge in [0.25, 0.3) is 0 Å². The van der Waals surface area contributed by atoms with Gasteiger partial charge in [0.1, 0.15) is 11.2 Å². The van der Waals surface area contributed by atoms with E-state index in [1.165, 1.54) is 0 Å². The van der Waals surface area contributed by atoms with E-state index in [-0.39, 0.29) is 22.4 Å². The lowest BCUT2D eigenvalue weighted by atomic mass is 10.1. The van der Waals surface area contributed by atoms with Gasteiger partial charge in [0, 0.05) is 48.5 Å². The van der Waals surface area contributed by atoms with Crippen molar-refractivity contribution in [1.29, 1.82) is 5.26 Å². The second-order valence-corrected chi connectivity index (χ2v) is 17.3. The highest BCUT2D eigenvalue weighted by molar-refractivity contribution is 6.25. The molecule has 0 saturated heterocycles. The Morgan fingerprint density at radius 2 is 0.904 bits per heavy atom. The third-order valence-corrected chi connectivity index (χ3v) is 13.6. The molecule has 6 aromatic heterocycles. The smallest absolute Gasteiger partial charge is 0.240 e. The van der Waals surface area contributed by atoms with Crippen LogP contribution >= 0.6 is 0 Å². The Kier molecular flexibility index (Phi) is 5.30. The van der Waals surface area contributed by atoms with E-state index in [0.717, 1.165) is 9.13 Å². The fourth-order valence-electron chi connectivity index (χ4n) is 10.6. The molecule has 0 saturated carbocycles. The molecule has 9 nitrogen and oxygen atoms in total.